The van der Waals surface area contributed by atoms with Crippen LogP contribution < -0.4 is 15.4 Å². The molecule has 0 spiro atoms. The first-order chi connectivity index (χ1) is 14.4. The summed E-state index contributed by atoms with van der Waals surface area (Å²) in [6.45, 7) is 0.298. The summed E-state index contributed by atoms with van der Waals surface area (Å²) in [5, 5.41) is 5.75. The molecule has 3 rings (SSSR count). The fraction of sp³-hybridized carbons (Fsp3) is 0.263. The molecule has 0 bridgehead atoms. The Morgan fingerprint density at radius 2 is 1.87 bits per heavy atom. The molecule has 0 aliphatic rings. The number of aromatic nitrogens is 2. The predicted octanol–water partition coefficient (Wildman–Crippen LogP) is 4.13. The van der Waals surface area contributed by atoms with Crippen LogP contribution in [0.25, 0.3) is 11.0 Å². The molecule has 166 valence electrons. The highest BCUT2D eigenvalue weighted by Crippen LogP contribution is 2.30. The molecule has 0 atom stereocenters. The zero-order valence-electron chi connectivity index (χ0n) is 16.7. The lowest BCUT2D eigenvalue weighted by Gasteiger charge is -2.16. The number of alkyl halides is 3. The van der Waals surface area contributed by atoms with Crippen molar-refractivity contribution >= 4 is 49.6 Å². The Kier molecular flexibility index (Phi) is 6.14. The van der Waals surface area contributed by atoms with Gasteiger partial charge in [0.15, 0.2) is 14.9 Å². The third kappa shape index (κ3) is 5.25. The number of hydrogen-bond donors (Lipinski definition) is 2. The van der Waals surface area contributed by atoms with E-state index < -0.39 is 22.6 Å². The molecule has 0 amide bonds. The number of imidazole rings is 1. The highest BCUT2D eigenvalue weighted by atomic mass is 32.2. The molecule has 0 saturated heterocycles. The van der Waals surface area contributed by atoms with Crippen LogP contribution in [0.2, 0.25) is 0 Å². The number of nitrogens with one attached hydrogen (secondary N) is 2. The average Bonchev–Trinajstić information content (AvgIpc) is 2.95. The molecule has 2 N–H and O–H groups in total. The number of fused-ring (bicyclic) bond motifs is 1. The van der Waals surface area contributed by atoms with Crippen LogP contribution >= 0.6 is 12.2 Å². The number of ether oxygens (including phenoxy) is 1. The molecule has 0 fully saturated rings. The van der Waals surface area contributed by atoms with Gasteiger partial charge in [0, 0.05) is 6.26 Å². The highest BCUT2D eigenvalue weighted by molar-refractivity contribution is 7.90. The van der Waals surface area contributed by atoms with Crippen LogP contribution in [-0.2, 0) is 16.4 Å². The van der Waals surface area contributed by atoms with Gasteiger partial charge in [-0.3, -0.25) is 0 Å². The van der Waals surface area contributed by atoms with E-state index in [4.69, 9.17) is 17.0 Å². The lowest BCUT2D eigenvalue weighted by molar-refractivity contribution is -0.140. The maximum atomic E-state index is 13.1. The summed E-state index contributed by atoms with van der Waals surface area (Å²) in [6.07, 6.45) is -3.36. The van der Waals surface area contributed by atoms with Gasteiger partial charge in [-0.25, -0.2) is 13.4 Å². The molecule has 1 heterocycles. The van der Waals surface area contributed by atoms with E-state index in [2.05, 4.69) is 15.6 Å². The molecule has 0 radical (unpaired) electrons. The highest BCUT2D eigenvalue weighted by Gasteiger charge is 2.30. The van der Waals surface area contributed by atoms with Crippen molar-refractivity contribution in [2.45, 2.75) is 24.5 Å². The summed E-state index contributed by atoms with van der Waals surface area (Å²) in [5.74, 6) is 0.552. The van der Waals surface area contributed by atoms with Gasteiger partial charge in [0.25, 0.3) is 0 Å². The minimum Gasteiger partial charge on any atom is -0.495 e. The van der Waals surface area contributed by atoms with Crippen LogP contribution in [0.3, 0.4) is 0 Å². The SMILES string of the molecule is COc1ccc(S(C)(=O)=O)cc1NC(=S)Nc1cccc2nc(C)n(CC(F)(F)F)c12. The van der Waals surface area contributed by atoms with Gasteiger partial charge in [-0.1, -0.05) is 6.07 Å². The number of methoxy groups -OCH3 is 1. The molecule has 0 aliphatic carbocycles. The molecule has 1 aromatic heterocycles. The minimum atomic E-state index is -4.43. The maximum absolute atomic E-state index is 13.1. The van der Waals surface area contributed by atoms with Crippen LogP contribution in [0, 0.1) is 6.92 Å². The summed E-state index contributed by atoms with van der Waals surface area (Å²) in [4.78, 5) is 4.24. The predicted molar refractivity (Wildman–Crippen MR) is 116 cm³/mol. The zero-order valence-corrected chi connectivity index (χ0v) is 18.4. The van der Waals surface area contributed by atoms with E-state index in [1.54, 1.807) is 18.2 Å². The van der Waals surface area contributed by atoms with Crippen LogP contribution in [0.1, 0.15) is 5.82 Å². The number of sulfone groups is 1. The number of thiocarbonyl (C=S) groups is 1. The van der Waals surface area contributed by atoms with Crippen LogP contribution in [0.4, 0.5) is 24.5 Å². The van der Waals surface area contributed by atoms with Crippen LogP contribution in [0.15, 0.2) is 41.3 Å². The second-order valence-electron chi connectivity index (χ2n) is 6.75. The number of benzene rings is 2. The fourth-order valence-electron chi connectivity index (χ4n) is 3.07. The van der Waals surface area contributed by atoms with E-state index in [0.717, 1.165) is 10.8 Å². The third-order valence-electron chi connectivity index (χ3n) is 4.39. The van der Waals surface area contributed by atoms with E-state index in [0.29, 0.717) is 17.0 Å². The Morgan fingerprint density at radius 1 is 1.19 bits per heavy atom. The normalized spacial score (nSPS) is 12.1. The molecule has 0 unspecified atom stereocenters. The molecule has 7 nitrogen and oxygen atoms in total. The molecule has 0 saturated carbocycles. The largest absolute Gasteiger partial charge is 0.495 e. The van der Waals surface area contributed by atoms with Crippen molar-refractivity contribution in [1.29, 1.82) is 0 Å². The summed E-state index contributed by atoms with van der Waals surface area (Å²) in [7, 11) is -2.06. The van der Waals surface area contributed by atoms with Crippen molar-refractivity contribution in [2.24, 2.45) is 0 Å². The van der Waals surface area contributed by atoms with Gasteiger partial charge in [-0.2, -0.15) is 13.2 Å². The lowest BCUT2D eigenvalue weighted by Crippen LogP contribution is -2.22. The standard InChI is InChI=1S/C19H19F3N4O3S2/c1-11-23-13-5-4-6-14(17(13)26(11)10-19(20,21)22)24-18(30)25-15-9-12(31(3,27)28)7-8-16(15)29-2/h4-9H,10H2,1-3H3,(H2,24,25,30). The van der Waals surface area contributed by atoms with E-state index in [1.165, 1.54) is 32.2 Å². The Bertz CT molecular complexity index is 1250. The van der Waals surface area contributed by atoms with Crippen LogP contribution in [-0.4, -0.2) is 42.6 Å². The van der Waals surface area contributed by atoms with Crippen molar-refractivity contribution in [3.8, 4) is 5.75 Å². The maximum Gasteiger partial charge on any atom is 0.406 e. The fourth-order valence-corrected chi connectivity index (χ4v) is 3.93. The second-order valence-corrected chi connectivity index (χ2v) is 9.17. The van der Waals surface area contributed by atoms with E-state index in [-0.39, 0.29) is 27.0 Å². The molecule has 2 aromatic carbocycles. The first kappa shape index (κ1) is 22.8. The number of para-hydroxylation sites is 1. The van der Waals surface area contributed by atoms with Gasteiger partial charge in [0.2, 0.25) is 0 Å². The summed E-state index contributed by atoms with van der Waals surface area (Å²) >= 11 is 5.31. The Morgan fingerprint density at radius 3 is 2.48 bits per heavy atom. The number of nitrogens with zero attached hydrogens (tertiary/aromatic N) is 2. The molecule has 3 aromatic rings. The van der Waals surface area contributed by atoms with E-state index in [1.807, 2.05) is 0 Å². The van der Waals surface area contributed by atoms with Crippen molar-refractivity contribution in [1.82, 2.24) is 9.55 Å². The smallest absolute Gasteiger partial charge is 0.406 e. The quantitative estimate of drug-likeness (QED) is 0.540. The monoisotopic (exact) mass is 472 g/mol. The van der Waals surface area contributed by atoms with Gasteiger partial charge in [0.05, 0.1) is 34.4 Å². The molecular formula is C19H19F3N4O3S2. The Balaban J connectivity index is 1.94. The average molecular weight is 473 g/mol. The number of anilines is 2. The van der Waals surface area contributed by atoms with Crippen LogP contribution in [0.5, 0.6) is 5.75 Å². The number of halogens is 3. The third-order valence-corrected chi connectivity index (χ3v) is 5.70. The van der Waals surface area contributed by atoms with Crippen molar-refractivity contribution in [3.63, 3.8) is 0 Å². The Labute approximate surface area is 182 Å². The topological polar surface area (TPSA) is 85.2 Å². The minimum absolute atomic E-state index is 0.0360. The Hall–Kier alpha value is -2.86. The van der Waals surface area contributed by atoms with Crippen molar-refractivity contribution in [2.75, 3.05) is 24.0 Å². The van der Waals surface area contributed by atoms with Crippen molar-refractivity contribution in [3.05, 3.63) is 42.2 Å². The number of aryl methyl sites for hydroxylation is 1. The molecule has 12 heteroatoms. The summed E-state index contributed by atoms with van der Waals surface area (Å²) < 4.78 is 69.1. The van der Waals surface area contributed by atoms with Gasteiger partial charge < -0.3 is 19.9 Å². The number of hydrogen-bond acceptors (Lipinski definition) is 5. The molecule has 0 aliphatic heterocycles. The lowest BCUT2D eigenvalue weighted by atomic mass is 10.2. The van der Waals surface area contributed by atoms with Gasteiger partial charge in [-0.15, -0.1) is 0 Å². The first-order valence-corrected chi connectivity index (χ1v) is 11.2. The first-order valence-electron chi connectivity index (χ1n) is 8.88. The molecular weight excluding hydrogens is 453 g/mol. The van der Waals surface area contributed by atoms with Gasteiger partial charge in [0.1, 0.15) is 18.1 Å². The van der Waals surface area contributed by atoms with E-state index >= 15 is 0 Å². The van der Waals surface area contributed by atoms with Gasteiger partial charge >= 0.3 is 6.18 Å². The summed E-state index contributed by atoms with van der Waals surface area (Å²) in [5.41, 5.74) is 1.23. The van der Waals surface area contributed by atoms with Gasteiger partial charge in [-0.05, 0) is 49.5 Å². The van der Waals surface area contributed by atoms with Crippen molar-refractivity contribution < 1.29 is 26.3 Å². The summed E-state index contributed by atoms with van der Waals surface area (Å²) in [6, 6.07) is 9.06. The van der Waals surface area contributed by atoms with E-state index in [9.17, 15) is 21.6 Å². The zero-order chi connectivity index (χ0) is 23.0. The molecule has 31 heavy (non-hydrogen) atoms. The number of rotatable bonds is 5. The second kappa shape index (κ2) is 8.35.